The predicted octanol–water partition coefficient (Wildman–Crippen LogP) is 3.39. The molecule has 0 bridgehead atoms. The third-order valence-electron chi connectivity index (χ3n) is 3.27. The number of thiocarbonyl (C=S) groups is 1. The maximum Gasteiger partial charge on any atom is 0.266 e. The van der Waals surface area contributed by atoms with Crippen LogP contribution in [0, 0.1) is 0 Å². The molecule has 0 spiro atoms. The number of carbonyl (C=O) groups excluding carboxylic acids is 2. The number of hydrogen-bond acceptors (Lipinski definition) is 8. The summed E-state index contributed by atoms with van der Waals surface area (Å²) in [5.41, 5.74) is 0. The van der Waals surface area contributed by atoms with Crippen LogP contribution in [-0.2, 0) is 16.0 Å². The molecule has 0 radical (unpaired) electrons. The first kappa shape index (κ1) is 18.2. The van der Waals surface area contributed by atoms with Crippen LogP contribution in [0.4, 0.5) is 5.13 Å². The number of thiophene rings is 1. The molecule has 1 aliphatic rings. The van der Waals surface area contributed by atoms with Crippen molar-refractivity contribution in [2.45, 2.75) is 19.8 Å². The molecule has 25 heavy (non-hydrogen) atoms. The van der Waals surface area contributed by atoms with E-state index in [-0.39, 0.29) is 24.8 Å². The third-order valence-corrected chi connectivity index (χ3v) is 6.45. The highest BCUT2D eigenvalue weighted by atomic mass is 32.2. The molecule has 3 rings (SSSR count). The first-order valence-corrected chi connectivity index (χ1v) is 10.4. The van der Waals surface area contributed by atoms with Gasteiger partial charge in [0.1, 0.15) is 9.33 Å². The van der Waals surface area contributed by atoms with Crippen molar-refractivity contribution in [3.05, 3.63) is 32.3 Å². The minimum absolute atomic E-state index is 0.152. The minimum atomic E-state index is -0.213. The monoisotopic (exact) mass is 410 g/mol. The van der Waals surface area contributed by atoms with Crippen LogP contribution >= 0.6 is 46.7 Å². The van der Waals surface area contributed by atoms with Gasteiger partial charge in [-0.15, -0.1) is 21.5 Å². The van der Waals surface area contributed by atoms with Crippen molar-refractivity contribution >= 4 is 74.0 Å². The lowest BCUT2D eigenvalue weighted by Crippen LogP contribution is -2.31. The summed E-state index contributed by atoms with van der Waals surface area (Å²) in [6, 6.07) is 3.87. The van der Waals surface area contributed by atoms with Gasteiger partial charge in [-0.05, 0) is 23.9 Å². The molecule has 2 aromatic heterocycles. The van der Waals surface area contributed by atoms with Crippen LogP contribution in [0.5, 0.6) is 0 Å². The first-order chi connectivity index (χ1) is 12.1. The molecule has 2 amide bonds. The number of amides is 2. The van der Waals surface area contributed by atoms with E-state index in [0.29, 0.717) is 14.4 Å². The fraction of sp³-hybridized carbons (Fsp3) is 0.267. The van der Waals surface area contributed by atoms with Crippen molar-refractivity contribution in [2.24, 2.45) is 0 Å². The largest absolute Gasteiger partial charge is 0.300 e. The number of nitrogens with one attached hydrogen (secondary N) is 1. The van der Waals surface area contributed by atoms with Gasteiger partial charge in [-0.1, -0.05) is 48.3 Å². The van der Waals surface area contributed by atoms with Crippen molar-refractivity contribution in [3.63, 3.8) is 0 Å². The zero-order valence-corrected chi connectivity index (χ0v) is 16.5. The van der Waals surface area contributed by atoms with Crippen molar-refractivity contribution in [1.82, 2.24) is 15.1 Å². The highest BCUT2D eigenvalue weighted by molar-refractivity contribution is 8.26. The van der Waals surface area contributed by atoms with E-state index < -0.39 is 0 Å². The summed E-state index contributed by atoms with van der Waals surface area (Å²) < 4.78 is 0.477. The highest BCUT2D eigenvalue weighted by Gasteiger charge is 2.32. The van der Waals surface area contributed by atoms with E-state index >= 15 is 0 Å². The Balaban J connectivity index is 1.56. The first-order valence-electron chi connectivity index (χ1n) is 7.48. The van der Waals surface area contributed by atoms with Gasteiger partial charge in [-0.25, -0.2) is 0 Å². The van der Waals surface area contributed by atoms with Crippen LogP contribution in [0.3, 0.4) is 0 Å². The molecular weight excluding hydrogens is 396 g/mol. The van der Waals surface area contributed by atoms with E-state index in [0.717, 1.165) is 16.3 Å². The second-order valence-electron chi connectivity index (χ2n) is 5.00. The van der Waals surface area contributed by atoms with Crippen LogP contribution < -0.4 is 5.32 Å². The Morgan fingerprint density at radius 1 is 1.44 bits per heavy atom. The molecule has 0 aliphatic carbocycles. The summed E-state index contributed by atoms with van der Waals surface area (Å²) in [6.45, 7) is 2.22. The van der Waals surface area contributed by atoms with Gasteiger partial charge in [0.05, 0.1) is 4.91 Å². The van der Waals surface area contributed by atoms with Crippen LogP contribution in [0.2, 0.25) is 0 Å². The van der Waals surface area contributed by atoms with Gasteiger partial charge < -0.3 is 5.32 Å². The van der Waals surface area contributed by atoms with Gasteiger partial charge in [-0.2, -0.15) is 0 Å². The maximum atomic E-state index is 12.5. The maximum absolute atomic E-state index is 12.5. The van der Waals surface area contributed by atoms with Gasteiger partial charge in [0.2, 0.25) is 11.0 Å². The van der Waals surface area contributed by atoms with Crippen molar-refractivity contribution < 1.29 is 9.59 Å². The lowest BCUT2D eigenvalue weighted by molar-refractivity contribution is -0.122. The number of aromatic nitrogens is 2. The number of nitrogens with zero attached hydrogens (tertiary/aromatic N) is 3. The summed E-state index contributed by atoms with van der Waals surface area (Å²) in [7, 11) is 0. The summed E-state index contributed by atoms with van der Waals surface area (Å²) in [4.78, 5) is 27.6. The van der Waals surface area contributed by atoms with Crippen LogP contribution in [0.25, 0.3) is 6.08 Å². The molecule has 130 valence electrons. The fourth-order valence-corrected chi connectivity index (χ4v) is 4.76. The molecule has 0 atom stereocenters. The van der Waals surface area contributed by atoms with Gasteiger partial charge in [0.15, 0.2) is 0 Å². The molecule has 3 heterocycles. The van der Waals surface area contributed by atoms with E-state index in [1.165, 1.54) is 28.0 Å². The standard InChI is InChI=1S/C15H14N4O2S4/c1-2-12-17-18-14(25-12)16-11(20)5-6-19-13(21)10(24-15(19)22)8-9-4-3-7-23-9/h3-4,7-8H,2,5-6H2,1H3,(H,16,18,20). The van der Waals surface area contributed by atoms with Crippen molar-refractivity contribution in [2.75, 3.05) is 11.9 Å². The number of rotatable bonds is 6. The molecule has 1 N–H and O–H groups in total. The smallest absolute Gasteiger partial charge is 0.266 e. The molecule has 1 saturated heterocycles. The van der Waals surface area contributed by atoms with Crippen molar-refractivity contribution in [1.29, 1.82) is 0 Å². The SMILES string of the molecule is CCc1nnc(NC(=O)CCN2C(=O)C(=Cc3cccs3)SC2=S)s1. The van der Waals surface area contributed by atoms with Crippen LogP contribution in [0.15, 0.2) is 22.4 Å². The zero-order valence-electron chi connectivity index (χ0n) is 13.2. The molecular formula is C15H14N4O2S4. The molecule has 0 aromatic carbocycles. The fourth-order valence-electron chi connectivity index (χ4n) is 2.04. The van der Waals surface area contributed by atoms with Gasteiger partial charge >= 0.3 is 0 Å². The third kappa shape index (κ3) is 4.51. The Kier molecular flexibility index (Phi) is 5.94. The van der Waals surface area contributed by atoms with E-state index in [4.69, 9.17) is 12.2 Å². The van der Waals surface area contributed by atoms with E-state index in [1.807, 2.05) is 30.5 Å². The predicted molar refractivity (Wildman–Crippen MR) is 107 cm³/mol. The number of hydrogen-bond donors (Lipinski definition) is 1. The average molecular weight is 411 g/mol. The summed E-state index contributed by atoms with van der Waals surface area (Å²) in [5.74, 6) is -0.365. The highest BCUT2D eigenvalue weighted by Crippen LogP contribution is 2.33. The Morgan fingerprint density at radius 2 is 2.28 bits per heavy atom. The van der Waals surface area contributed by atoms with Crippen LogP contribution in [-0.4, -0.2) is 37.8 Å². The molecule has 10 heteroatoms. The molecule has 0 unspecified atom stereocenters. The summed E-state index contributed by atoms with van der Waals surface area (Å²) in [6.07, 6.45) is 2.76. The second kappa shape index (κ2) is 8.17. The Hall–Kier alpha value is -1.62. The molecule has 1 fully saturated rings. The number of thioether (sulfide) groups is 1. The second-order valence-corrected chi connectivity index (χ2v) is 8.72. The van der Waals surface area contributed by atoms with Crippen molar-refractivity contribution in [3.8, 4) is 0 Å². The lowest BCUT2D eigenvalue weighted by atomic mass is 10.3. The van der Waals surface area contributed by atoms with Crippen LogP contribution in [0.1, 0.15) is 23.2 Å². The van der Waals surface area contributed by atoms with E-state index in [9.17, 15) is 9.59 Å². The molecule has 1 aliphatic heterocycles. The number of carbonyl (C=O) groups is 2. The summed E-state index contributed by atoms with van der Waals surface area (Å²) >= 11 is 9.44. The Bertz CT molecular complexity index is 828. The van der Waals surface area contributed by atoms with E-state index in [2.05, 4.69) is 15.5 Å². The molecule has 2 aromatic rings. The zero-order chi connectivity index (χ0) is 17.8. The number of aryl methyl sites for hydroxylation is 1. The minimum Gasteiger partial charge on any atom is -0.300 e. The summed E-state index contributed by atoms with van der Waals surface area (Å²) in [5, 5.41) is 13.9. The Labute approximate surface area is 162 Å². The molecule has 6 nitrogen and oxygen atoms in total. The molecule has 0 saturated carbocycles. The quantitative estimate of drug-likeness (QED) is 0.581. The number of anilines is 1. The average Bonchev–Trinajstić information content (AvgIpc) is 3.30. The van der Waals surface area contributed by atoms with Gasteiger partial charge in [0.25, 0.3) is 5.91 Å². The lowest BCUT2D eigenvalue weighted by Gasteiger charge is -2.13. The Morgan fingerprint density at radius 3 is 2.96 bits per heavy atom. The normalized spacial score (nSPS) is 16.0. The topological polar surface area (TPSA) is 75.2 Å². The van der Waals surface area contributed by atoms with E-state index in [1.54, 1.807) is 11.3 Å². The van der Waals surface area contributed by atoms with Gasteiger partial charge in [-0.3, -0.25) is 14.5 Å². The van der Waals surface area contributed by atoms with Gasteiger partial charge in [0, 0.05) is 17.8 Å².